The van der Waals surface area contributed by atoms with Crippen molar-refractivity contribution in [2.75, 3.05) is 0 Å². The molecular formula is C11H8ClN2O3-. The van der Waals surface area contributed by atoms with E-state index >= 15 is 0 Å². The van der Waals surface area contributed by atoms with E-state index in [0.29, 0.717) is 10.8 Å². The van der Waals surface area contributed by atoms with Crippen molar-refractivity contribution in [2.24, 2.45) is 0 Å². The predicted octanol–water partition coefficient (Wildman–Crippen LogP) is 0.936. The van der Waals surface area contributed by atoms with Crippen LogP contribution in [-0.2, 0) is 6.73 Å². The minimum atomic E-state index is -1.30. The second-order valence-electron chi connectivity index (χ2n) is 3.21. The topological polar surface area (TPSA) is 67.2 Å². The minimum absolute atomic E-state index is 0.0416. The van der Waals surface area contributed by atoms with Crippen LogP contribution in [0.15, 0.2) is 36.5 Å². The Morgan fingerprint density at radius 2 is 2.18 bits per heavy atom. The maximum atomic E-state index is 10.7. The molecule has 2 rings (SSSR count). The molecule has 0 aliphatic heterocycles. The van der Waals surface area contributed by atoms with Gasteiger partial charge in [-0.2, -0.15) is 5.10 Å². The number of carboxylic acids is 1. The number of carboxylic acid groups (broad SMARTS) is 1. The standard InChI is InChI=1S/C11H9ClN2O3/c12-8-3-1-2-4-10(8)17-7-14-9(11(15)16)5-6-13-14/h1-6H,7H2,(H,15,16)/p-1. The summed E-state index contributed by atoms with van der Waals surface area (Å²) < 4.78 is 6.53. The van der Waals surface area contributed by atoms with Gasteiger partial charge in [0.05, 0.1) is 16.7 Å². The summed E-state index contributed by atoms with van der Waals surface area (Å²) in [5, 5.41) is 15.0. The summed E-state index contributed by atoms with van der Waals surface area (Å²) >= 11 is 5.88. The van der Waals surface area contributed by atoms with Gasteiger partial charge in [0, 0.05) is 6.20 Å². The average Bonchev–Trinajstić information content (AvgIpc) is 2.76. The number of carbonyl (C=O) groups excluding carboxylic acids is 1. The molecule has 0 saturated heterocycles. The first-order valence-corrected chi connectivity index (χ1v) is 5.17. The number of carbonyl (C=O) groups is 1. The highest BCUT2D eigenvalue weighted by Gasteiger charge is 2.05. The molecule has 2 aromatic rings. The molecule has 0 fully saturated rings. The SMILES string of the molecule is O=C([O-])c1ccnn1COc1ccccc1Cl. The lowest BCUT2D eigenvalue weighted by Gasteiger charge is -2.10. The van der Waals surface area contributed by atoms with Gasteiger partial charge in [-0.05, 0) is 18.2 Å². The average molecular weight is 252 g/mol. The third kappa shape index (κ3) is 2.57. The molecule has 6 heteroatoms. The fourth-order valence-electron chi connectivity index (χ4n) is 1.30. The van der Waals surface area contributed by atoms with E-state index in [2.05, 4.69) is 5.10 Å². The Bertz CT molecular complexity index is 539. The number of nitrogens with zero attached hydrogens (tertiary/aromatic N) is 2. The van der Waals surface area contributed by atoms with E-state index in [9.17, 15) is 9.90 Å². The van der Waals surface area contributed by atoms with Crippen molar-refractivity contribution in [3.8, 4) is 5.75 Å². The van der Waals surface area contributed by atoms with E-state index in [0.717, 1.165) is 0 Å². The third-order valence-electron chi connectivity index (χ3n) is 2.10. The van der Waals surface area contributed by atoms with E-state index in [1.165, 1.54) is 16.9 Å². The Kier molecular flexibility index (Phi) is 3.30. The van der Waals surface area contributed by atoms with Crippen molar-refractivity contribution < 1.29 is 14.6 Å². The smallest absolute Gasteiger partial charge is 0.181 e. The molecule has 0 atom stereocenters. The van der Waals surface area contributed by atoms with Gasteiger partial charge < -0.3 is 14.6 Å². The van der Waals surface area contributed by atoms with Crippen LogP contribution in [-0.4, -0.2) is 15.7 Å². The number of aromatic nitrogens is 2. The normalized spacial score (nSPS) is 10.2. The number of benzene rings is 1. The molecule has 1 aromatic heterocycles. The van der Waals surface area contributed by atoms with E-state index in [1.54, 1.807) is 24.3 Å². The van der Waals surface area contributed by atoms with Gasteiger partial charge in [-0.15, -0.1) is 0 Å². The second-order valence-corrected chi connectivity index (χ2v) is 3.61. The summed E-state index contributed by atoms with van der Waals surface area (Å²) in [6.45, 7) is -0.0416. The fraction of sp³-hybridized carbons (Fsp3) is 0.0909. The lowest BCUT2D eigenvalue weighted by Crippen LogP contribution is -2.26. The van der Waals surface area contributed by atoms with E-state index in [-0.39, 0.29) is 12.4 Å². The Balaban J connectivity index is 2.10. The molecule has 0 N–H and O–H groups in total. The summed E-state index contributed by atoms with van der Waals surface area (Å²) in [6.07, 6.45) is 1.36. The first-order chi connectivity index (χ1) is 8.18. The molecule has 0 bridgehead atoms. The largest absolute Gasteiger partial charge is 0.543 e. The van der Waals surface area contributed by atoms with Gasteiger partial charge in [-0.25, -0.2) is 4.68 Å². The first-order valence-electron chi connectivity index (χ1n) is 4.79. The summed E-state index contributed by atoms with van der Waals surface area (Å²) in [5.41, 5.74) is -0.0444. The Morgan fingerprint density at radius 3 is 2.88 bits per heavy atom. The van der Waals surface area contributed by atoms with Gasteiger partial charge in [0.25, 0.3) is 0 Å². The van der Waals surface area contributed by atoms with Crippen LogP contribution >= 0.6 is 11.6 Å². The summed E-state index contributed by atoms with van der Waals surface area (Å²) in [5.74, 6) is -0.834. The molecule has 17 heavy (non-hydrogen) atoms. The van der Waals surface area contributed by atoms with Gasteiger partial charge in [-0.1, -0.05) is 23.7 Å². The molecule has 0 saturated carbocycles. The fourth-order valence-corrected chi connectivity index (χ4v) is 1.49. The number of aromatic carboxylic acids is 1. The molecule has 88 valence electrons. The quantitative estimate of drug-likeness (QED) is 0.811. The van der Waals surface area contributed by atoms with Crippen LogP contribution in [0.3, 0.4) is 0 Å². The summed E-state index contributed by atoms with van der Waals surface area (Å²) in [7, 11) is 0. The zero-order valence-corrected chi connectivity index (χ0v) is 9.42. The Labute approximate surface area is 102 Å². The maximum Gasteiger partial charge on any atom is 0.181 e. The lowest BCUT2D eigenvalue weighted by atomic mass is 10.3. The second kappa shape index (κ2) is 4.88. The van der Waals surface area contributed by atoms with Crippen molar-refractivity contribution in [2.45, 2.75) is 6.73 Å². The van der Waals surface area contributed by atoms with Crippen LogP contribution in [0, 0.1) is 0 Å². The molecule has 0 amide bonds. The highest BCUT2D eigenvalue weighted by molar-refractivity contribution is 6.32. The Hall–Kier alpha value is -2.01. The minimum Gasteiger partial charge on any atom is -0.543 e. The highest BCUT2D eigenvalue weighted by Crippen LogP contribution is 2.23. The van der Waals surface area contributed by atoms with Crippen LogP contribution in [0.5, 0.6) is 5.75 Å². The molecule has 5 nitrogen and oxygen atoms in total. The molecule has 0 aliphatic rings. The number of hydrogen-bond donors (Lipinski definition) is 0. The van der Waals surface area contributed by atoms with Gasteiger partial charge in [0.15, 0.2) is 6.73 Å². The van der Waals surface area contributed by atoms with E-state index in [1.807, 2.05) is 0 Å². The van der Waals surface area contributed by atoms with Crippen LogP contribution in [0.2, 0.25) is 5.02 Å². The van der Waals surface area contributed by atoms with Crippen LogP contribution in [0.25, 0.3) is 0 Å². The maximum absolute atomic E-state index is 10.7. The molecule has 0 radical (unpaired) electrons. The zero-order chi connectivity index (χ0) is 12.3. The molecule has 0 spiro atoms. The zero-order valence-electron chi connectivity index (χ0n) is 8.67. The number of halogens is 1. The predicted molar refractivity (Wildman–Crippen MR) is 58.6 cm³/mol. The van der Waals surface area contributed by atoms with Gasteiger partial charge in [0.2, 0.25) is 0 Å². The summed E-state index contributed by atoms with van der Waals surface area (Å²) in [6, 6.07) is 8.25. The van der Waals surface area contributed by atoms with Crippen LogP contribution in [0.1, 0.15) is 10.5 Å². The molecule has 0 unspecified atom stereocenters. The molecule has 0 aliphatic carbocycles. The van der Waals surface area contributed by atoms with Crippen LogP contribution < -0.4 is 9.84 Å². The molecular weight excluding hydrogens is 244 g/mol. The van der Waals surface area contributed by atoms with E-state index < -0.39 is 5.97 Å². The van der Waals surface area contributed by atoms with E-state index in [4.69, 9.17) is 16.3 Å². The number of ether oxygens (including phenoxy) is 1. The molecule has 1 heterocycles. The van der Waals surface area contributed by atoms with Crippen LogP contribution in [0.4, 0.5) is 0 Å². The van der Waals surface area contributed by atoms with Crippen molar-refractivity contribution in [3.05, 3.63) is 47.2 Å². The van der Waals surface area contributed by atoms with Crippen molar-refractivity contribution in [1.29, 1.82) is 0 Å². The number of rotatable bonds is 4. The lowest BCUT2D eigenvalue weighted by molar-refractivity contribution is -0.256. The van der Waals surface area contributed by atoms with Crippen molar-refractivity contribution >= 4 is 17.6 Å². The first kappa shape index (κ1) is 11.5. The monoisotopic (exact) mass is 251 g/mol. The highest BCUT2D eigenvalue weighted by atomic mass is 35.5. The van der Waals surface area contributed by atoms with Crippen molar-refractivity contribution in [3.63, 3.8) is 0 Å². The van der Waals surface area contributed by atoms with Gasteiger partial charge in [-0.3, -0.25) is 0 Å². The van der Waals surface area contributed by atoms with Gasteiger partial charge in [0.1, 0.15) is 5.75 Å². The summed E-state index contributed by atoms with van der Waals surface area (Å²) in [4.78, 5) is 10.7. The number of para-hydroxylation sites is 1. The van der Waals surface area contributed by atoms with Crippen molar-refractivity contribution in [1.82, 2.24) is 9.78 Å². The van der Waals surface area contributed by atoms with Gasteiger partial charge >= 0.3 is 0 Å². The third-order valence-corrected chi connectivity index (χ3v) is 2.42. The number of hydrogen-bond acceptors (Lipinski definition) is 4. The Morgan fingerprint density at radius 1 is 1.41 bits per heavy atom. The molecule has 1 aromatic carbocycles.